The van der Waals surface area contributed by atoms with E-state index in [1.54, 1.807) is 13.8 Å². The van der Waals surface area contributed by atoms with Crippen LogP contribution in [-0.4, -0.2) is 32.1 Å². The smallest absolute Gasteiger partial charge is 0.204 e. The number of hydrogen-bond acceptors (Lipinski definition) is 7. The molecule has 4 N–H and O–H groups in total. The molecular formula is C25H26O7. The van der Waals surface area contributed by atoms with Crippen LogP contribution in [0, 0.1) is 0 Å². The number of hydrogen-bond donors (Lipinski definition) is 4. The minimum atomic E-state index is -0.884. The van der Waals surface area contributed by atoms with E-state index >= 15 is 0 Å². The van der Waals surface area contributed by atoms with Crippen LogP contribution in [0.25, 0.3) is 22.1 Å². The minimum absolute atomic E-state index is 0.0380. The first-order valence-electron chi connectivity index (χ1n) is 10.4. The lowest BCUT2D eigenvalue weighted by Gasteiger charge is -2.38. The Morgan fingerprint density at radius 2 is 1.91 bits per heavy atom. The van der Waals surface area contributed by atoms with Gasteiger partial charge in [-0.15, -0.1) is 0 Å². The summed E-state index contributed by atoms with van der Waals surface area (Å²) in [7, 11) is 0. The van der Waals surface area contributed by atoms with Crippen LogP contribution in [0.1, 0.15) is 38.8 Å². The lowest BCUT2D eigenvalue weighted by molar-refractivity contribution is -0.0421. The molecule has 0 radical (unpaired) electrons. The van der Waals surface area contributed by atoms with Gasteiger partial charge in [0.1, 0.15) is 45.8 Å². The maximum Gasteiger partial charge on any atom is 0.204 e. The van der Waals surface area contributed by atoms with Gasteiger partial charge < -0.3 is 29.6 Å². The maximum atomic E-state index is 13.5. The molecule has 3 aromatic rings. The van der Waals surface area contributed by atoms with Crippen LogP contribution in [0.3, 0.4) is 0 Å². The Balaban J connectivity index is 2.06. The van der Waals surface area contributed by atoms with Gasteiger partial charge in [0.25, 0.3) is 0 Å². The van der Waals surface area contributed by atoms with Crippen LogP contribution in [0.4, 0.5) is 0 Å². The largest absolute Gasteiger partial charge is 0.508 e. The fourth-order valence-electron chi connectivity index (χ4n) is 3.96. The van der Waals surface area contributed by atoms with Crippen molar-refractivity contribution in [3.63, 3.8) is 0 Å². The molecule has 0 bridgehead atoms. The van der Waals surface area contributed by atoms with Crippen LogP contribution < -0.4 is 10.2 Å². The molecule has 0 amide bonds. The second-order valence-electron chi connectivity index (χ2n) is 8.93. The molecule has 2 heterocycles. The van der Waals surface area contributed by atoms with Gasteiger partial charge in [0.05, 0.1) is 11.7 Å². The topological polar surface area (TPSA) is 120 Å². The van der Waals surface area contributed by atoms with Crippen molar-refractivity contribution in [3.8, 4) is 34.1 Å². The van der Waals surface area contributed by atoms with Crippen LogP contribution in [0.2, 0.25) is 0 Å². The molecule has 0 saturated heterocycles. The quantitative estimate of drug-likeness (QED) is 0.453. The SMILES string of the molecule is CC(C)=CCc1c2c(c(O)c3c(=O)c(-c4ccc(O)cc4O)coc13)CC(O)C(C)(C)O2. The molecule has 1 aliphatic heterocycles. The maximum absolute atomic E-state index is 13.5. The predicted molar refractivity (Wildman–Crippen MR) is 120 cm³/mol. The minimum Gasteiger partial charge on any atom is -0.508 e. The van der Waals surface area contributed by atoms with E-state index in [0.717, 1.165) is 11.6 Å². The third kappa shape index (κ3) is 3.48. The first kappa shape index (κ1) is 21.8. The van der Waals surface area contributed by atoms with Gasteiger partial charge in [0.2, 0.25) is 5.43 Å². The lowest BCUT2D eigenvalue weighted by atomic mass is 9.87. The van der Waals surface area contributed by atoms with Crippen molar-refractivity contribution in [2.75, 3.05) is 0 Å². The Hall–Kier alpha value is -3.45. The number of aliphatic hydroxyl groups excluding tert-OH is 1. The molecular weight excluding hydrogens is 412 g/mol. The lowest BCUT2D eigenvalue weighted by Crippen LogP contribution is -2.46. The summed E-state index contributed by atoms with van der Waals surface area (Å²) >= 11 is 0. The van der Waals surface area contributed by atoms with E-state index in [4.69, 9.17) is 9.15 Å². The number of allylic oxidation sites excluding steroid dienone is 2. The number of fused-ring (bicyclic) bond motifs is 2. The van der Waals surface area contributed by atoms with Gasteiger partial charge in [0, 0.05) is 29.2 Å². The van der Waals surface area contributed by atoms with E-state index < -0.39 is 17.1 Å². The van der Waals surface area contributed by atoms with E-state index in [0.29, 0.717) is 23.3 Å². The van der Waals surface area contributed by atoms with Crippen LogP contribution in [0.15, 0.2) is 45.3 Å². The Morgan fingerprint density at radius 3 is 2.56 bits per heavy atom. The number of aliphatic hydroxyl groups is 1. The molecule has 0 aliphatic carbocycles. The molecule has 7 nitrogen and oxygen atoms in total. The fourth-order valence-corrected chi connectivity index (χ4v) is 3.96. The number of aromatic hydroxyl groups is 3. The Kier molecular flexibility index (Phi) is 5.17. The first-order valence-corrected chi connectivity index (χ1v) is 10.4. The van der Waals surface area contributed by atoms with Crippen LogP contribution in [-0.2, 0) is 12.8 Å². The molecule has 0 fully saturated rings. The number of phenolic OH excluding ortho intramolecular Hbond substituents is 3. The van der Waals surface area contributed by atoms with Gasteiger partial charge in [-0.1, -0.05) is 11.6 Å². The Labute approximate surface area is 184 Å². The van der Waals surface area contributed by atoms with Gasteiger partial charge in [-0.2, -0.15) is 0 Å². The van der Waals surface area contributed by atoms with Crippen LogP contribution in [0.5, 0.6) is 23.0 Å². The highest BCUT2D eigenvalue weighted by atomic mass is 16.5. The third-order valence-corrected chi connectivity index (χ3v) is 5.89. The van der Waals surface area contributed by atoms with Crippen molar-refractivity contribution in [1.82, 2.24) is 0 Å². The molecule has 32 heavy (non-hydrogen) atoms. The normalized spacial score (nSPS) is 17.0. The van der Waals surface area contributed by atoms with Gasteiger partial charge >= 0.3 is 0 Å². The Bertz CT molecular complexity index is 1310. The zero-order chi connectivity index (χ0) is 23.4. The first-order chi connectivity index (χ1) is 15.0. The molecule has 2 aromatic carbocycles. The number of rotatable bonds is 3. The monoisotopic (exact) mass is 438 g/mol. The highest BCUT2D eigenvalue weighted by Crippen LogP contribution is 2.46. The summed E-state index contributed by atoms with van der Waals surface area (Å²) in [5.74, 6) is -0.337. The van der Waals surface area contributed by atoms with Gasteiger partial charge in [-0.25, -0.2) is 0 Å². The molecule has 0 spiro atoms. The summed E-state index contributed by atoms with van der Waals surface area (Å²) < 4.78 is 12.0. The summed E-state index contributed by atoms with van der Waals surface area (Å²) in [6.45, 7) is 7.43. The van der Waals surface area contributed by atoms with Gasteiger partial charge in [0.15, 0.2) is 0 Å². The highest BCUT2D eigenvalue weighted by molar-refractivity contribution is 5.93. The fraction of sp³-hybridized carbons (Fsp3) is 0.320. The van der Waals surface area contributed by atoms with Crippen molar-refractivity contribution in [2.24, 2.45) is 0 Å². The Morgan fingerprint density at radius 1 is 1.19 bits per heavy atom. The second-order valence-corrected chi connectivity index (χ2v) is 8.93. The third-order valence-electron chi connectivity index (χ3n) is 5.89. The summed E-state index contributed by atoms with van der Waals surface area (Å²) in [6, 6.07) is 3.87. The van der Waals surface area contributed by atoms with Crippen molar-refractivity contribution in [1.29, 1.82) is 0 Å². The summed E-state index contributed by atoms with van der Waals surface area (Å²) in [5.41, 5.74) is 0.986. The predicted octanol–water partition coefficient (Wildman–Crippen LogP) is 4.16. The zero-order valence-electron chi connectivity index (χ0n) is 18.4. The van der Waals surface area contributed by atoms with E-state index in [-0.39, 0.29) is 45.8 Å². The van der Waals surface area contributed by atoms with Crippen molar-refractivity contribution >= 4 is 11.0 Å². The van der Waals surface area contributed by atoms with E-state index in [9.17, 15) is 25.2 Å². The molecule has 4 rings (SSSR count). The molecule has 1 aromatic heterocycles. The molecule has 0 saturated carbocycles. The van der Waals surface area contributed by atoms with E-state index in [1.165, 1.54) is 18.4 Å². The van der Waals surface area contributed by atoms with Gasteiger partial charge in [-0.05, 0) is 46.2 Å². The molecule has 168 valence electrons. The molecule has 1 atom stereocenters. The summed E-state index contributed by atoms with van der Waals surface area (Å²) in [4.78, 5) is 13.5. The summed E-state index contributed by atoms with van der Waals surface area (Å²) in [6.07, 6.45) is 2.83. The second kappa shape index (κ2) is 7.60. The molecule has 7 heteroatoms. The van der Waals surface area contributed by atoms with Crippen molar-refractivity contribution < 1.29 is 29.6 Å². The van der Waals surface area contributed by atoms with E-state index in [2.05, 4.69) is 0 Å². The number of benzene rings is 2. The number of phenols is 3. The zero-order valence-corrected chi connectivity index (χ0v) is 18.4. The van der Waals surface area contributed by atoms with Crippen LogP contribution >= 0.6 is 0 Å². The average Bonchev–Trinajstić information content (AvgIpc) is 2.70. The summed E-state index contributed by atoms with van der Waals surface area (Å²) in [5, 5.41) is 41.4. The van der Waals surface area contributed by atoms with Gasteiger partial charge in [-0.3, -0.25) is 4.79 Å². The molecule has 1 aliphatic rings. The average molecular weight is 438 g/mol. The number of ether oxygens (including phenoxy) is 1. The van der Waals surface area contributed by atoms with Crippen molar-refractivity contribution in [2.45, 2.75) is 52.2 Å². The van der Waals surface area contributed by atoms with E-state index in [1.807, 2.05) is 19.9 Å². The van der Waals surface area contributed by atoms with Crippen molar-refractivity contribution in [3.05, 3.63) is 57.5 Å². The molecule has 1 unspecified atom stereocenters. The standard InChI is InChI=1S/C25H26O7/c1-12(2)5-7-15-23-16(10-19(28)25(3,4)32-23)21(29)20-22(30)17(11-31-24(15)20)14-8-6-13(26)9-18(14)27/h5-6,8-9,11,19,26-29H,7,10H2,1-4H3. The highest BCUT2D eigenvalue weighted by Gasteiger charge is 2.39.